The van der Waals surface area contributed by atoms with Crippen molar-refractivity contribution in [2.24, 2.45) is 11.8 Å². The van der Waals surface area contributed by atoms with Gasteiger partial charge in [-0.1, -0.05) is 61.6 Å². The standard InChI is InChI=1S/C52H86O12Si2/c1-29-21-33-15-17-38-30(2)22-35(56-38)19-20-52-27-43-46(62-52)47-48(61-43)49(63-52)45-39(60-47)18-16-34(58-45)23-32(53)24-37-41(26-40(57-33)31(29)3)59-42(44(37)54-10)25-36(64-66(13,14)51(7,8)9)28-55-65(11,12)50(4,5)6/h29,33-49H,2-3,15-28H2,1,4-14H3/t29?,33?,34?,35?,36?,37?,38?,39?,40?,41?,42?,43?,44-,45+,46?,47+,48?,49-,52?/m1/s1. The molecule has 10 aliphatic heterocycles. The van der Waals surface area contributed by atoms with Gasteiger partial charge in [-0.3, -0.25) is 4.79 Å². The van der Waals surface area contributed by atoms with Crippen LogP contribution in [0.15, 0.2) is 24.3 Å². The van der Waals surface area contributed by atoms with Gasteiger partial charge in [-0.2, -0.15) is 0 Å². The summed E-state index contributed by atoms with van der Waals surface area (Å²) >= 11 is 0. The highest BCUT2D eigenvalue weighted by molar-refractivity contribution is 6.74. The van der Waals surface area contributed by atoms with Gasteiger partial charge in [0.2, 0.25) is 0 Å². The van der Waals surface area contributed by atoms with E-state index in [4.69, 9.17) is 51.5 Å². The Labute approximate surface area is 398 Å². The highest BCUT2D eigenvalue weighted by Crippen LogP contribution is 2.55. The van der Waals surface area contributed by atoms with Gasteiger partial charge >= 0.3 is 0 Å². The molecule has 0 aromatic rings. The van der Waals surface area contributed by atoms with Crippen LogP contribution in [0.2, 0.25) is 36.3 Å². The normalized spacial score (nSPS) is 44.9. The molecule has 12 bridgehead atoms. The first-order valence-electron chi connectivity index (χ1n) is 25.9. The molecule has 14 heteroatoms. The lowest BCUT2D eigenvalue weighted by Crippen LogP contribution is -2.61. The fraction of sp³-hybridized carbons (Fsp3) is 0.904. The molecule has 0 aliphatic carbocycles. The Morgan fingerprint density at radius 1 is 0.697 bits per heavy atom. The van der Waals surface area contributed by atoms with Gasteiger partial charge in [0, 0.05) is 51.6 Å². The van der Waals surface area contributed by atoms with E-state index >= 15 is 0 Å². The van der Waals surface area contributed by atoms with Crippen LogP contribution in [0.25, 0.3) is 0 Å². The van der Waals surface area contributed by atoms with E-state index in [1.54, 1.807) is 7.11 Å². The van der Waals surface area contributed by atoms with Crippen LogP contribution in [-0.2, 0) is 56.3 Å². The number of methoxy groups -OCH3 is 1. The number of carbonyl (C=O) groups excluding carboxylic acids is 1. The minimum Gasteiger partial charge on any atom is -0.414 e. The molecule has 66 heavy (non-hydrogen) atoms. The molecule has 15 unspecified atom stereocenters. The minimum atomic E-state index is -2.22. The van der Waals surface area contributed by atoms with E-state index in [9.17, 15) is 4.79 Å². The predicted octanol–water partition coefficient (Wildman–Crippen LogP) is 9.53. The first-order valence-corrected chi connectivity index (χ1v) is 31.8. The van der Waals surface area contributed by atoms with Crippen LogP contribution in [-0.4, -0.2) is 140 Å². The first-order chi connectivity index (χ1) is 30.9. The second kappa shape index (κ2) is 18.6. The van der Waals surface area contributed by atoms with E-state index in [2.05, 4.69) is 87.8 Å². The maximum Gasteiger partial charge on any atom is 0.192 e. The van der Waals surface area contributed by atoms with Crippen LogP contribution in [0.1, 0.15) is 132 Å². The number of ether oxygens (including phenoxy) is 9. The Morgan fingerprint density at radius 3 is 2.09 bits per heavy atom. The highest BCUT2D eigenvalue weighted by Gasteiger charge is 2.69. The molecule has 374 valence electrons. The summed E-state index contributed by atoms with van der Waals surface area (Å²) in [5, 5.41) is 0.0634. The second-order valence-corrected chi connectivity index (χ2v) is 34.7. The van der Waals surface area contributed by atoms with Crippen LogP contribution in [0, 0.1) is 11.8 Å². The van der Waals surface area contributed by atoms with Crippen LogP contribution in [0.5, 0.6) is 0 Å². The van der Waals surface area contributed by atoms with Crippen molar-refractivity contribution in [3.8, 4) is 0 Å². The third-order valence-corrected chi connectivity index (χ3v) is 27.4. The maximum atomic E-state index is 14.6. The number of ketones is 1. The van der Waals surface area contributed by atoms with Crippen LogP contribution >= 0.6 is 0 Å². The zero-order valence-electron chi connectivity index (χ0n) is 42.6. The Morgan fingerprint density at radius 2 is 1.36 bits per heavy atom. The summed E-state index contributed by atoms with van der Waals surface area (Å²) in [5.74, 6) is -0.554. The molecule has 10 aliphatic rings. The van der Waals surface area contributed by atoms with Crippen LogP contribution in [0.4, 0.5) is 0 Å². The zero-order chi connectivity index (χ0) is 47.3. The van der Waals surface area contributed by atoms with Gasteiger partial charge in [0.15, 0.2) is 22.4 Å². The summed E-state index contributed by atoms with van der Waals surface area (Å²) in [4.78, 5) is 14.6. The molecule has 1 spiro atoms. The van der Waals surface area contributed by atoms with Gasteiger partial charge in [-0.25, -0.2) is 0 Å². The first kappa shape index (κ1) is 50.1. The summed E-state index contributed by atoms with van der Waals surface area (Å²) in [6.45, 7) is 34.8. The zero-order valence-corrected chi connectivity index (χ0v) is 44.6. The lowest BCUT2D eigenvalue weighted by molar-refractivity contribution is -0.292. The van der Waals surface area contributed by atoms with E-state index in [0.29, 0.717) is 45.1 Å². The smallest absolute Gasteiger partial charge is 0.192 e. The van der Waals surface area contributed by atoms with Crippen molar-refractivity contribution >= 4 is 22.4 Å². The quantitative estimate of drug-likeness (QED) is 0.170. The lowest BCUT2D eigenvalue weighted by Gasteiger charge is -2.47. The van der Waals surface area contributed by atoms with Crippen molar-refractivity contribution in [2.45, 2.75) is 272 Å². The van der Waals surface area contributed by atoms with E-state index in [0.717, 1.165) is 56.1 Å². The third-order valence-electron chi connectivity index (χ3n) is 18.4. The fourth-order valence-corrected chi connectivity index (χ4v) is 14.8. The monoisotopic (exact) mass is 959 g/mol. The molecule has 0 aromatic carbocycles. The maximum absolute atomic E-state index is 14.6. The van der Waals surface area contributed by atoms with Gasteiger partial charge in [0.25, 0.3) is 0 Å². The molecule has 0 aromatic heterocycles. The van der Waals surface area contributed by atoms with Crippen molar-refractivity contribution in [3.05, 3.63) is 24.3 Å². The minimum absolute atomic E-state index is 0.00884. The average Bonchev–Trinajstić information content (AvgIpc) is 3.90. The fourth-order valence-electron chi connectivity index (χ4n) is 12.4. The molecule has 0 amide bonds. The molecule has 0 radical (unpaired) electrons. The highest BCUT2D eigenvalue weighted by atomic mass is 28.4. The number of fused-ring (bicyclic) bond motifs is 6. The largest absolute Gasteiger partial charge is 0.414 e. The Balaban J connectivity index is 0.993. The van der Waals surface area contributed by atoms with Gasteiger partial charge < -0.3 is 51.5 Å². The summed E-state index contributed by atoms with van der Waals surface area (Å²) in [6, 6.07) is 0. The topological polar surface area (TPSA) is 119 Å². The molecule has 10 fully saturated rings. The third kappa shape index (κ3) is 9.87. The number of hydrogen-bond acceptors (Lipinski definition) is 12. The SMILES string of the molecule is C=C1CC2CCC34CC5OC6[C@@H](OC7CCC(CC(=O)CC8C(CC9OC(CCC1O2)CC(C)C9=C)OC(CC(CO[Si](C)(C)C(C)(C)C)O[Si](C)(C)C(C)(C)C)[C@@H]8OC)O[C@@H]7[C@H]6O3)C5O4. The molecule has 0 N–H and O–H groups in total. The molecule has 10 rings (SSSR count). The number of rotatable bonds is 8. The second-order valence-electron chi connectivity index (χ2n) is 25.1. The van der Waals surface area contributed by atoms with E-state index in [1.807, 2.05) is 0 Å². The molecule has 12 nitrogen and oxygen atoms in total. The van der Waals surface area contributed by atoms with Gasteiger partial charge in [0.05, 0.1) is 73.8 Å². The summed E-state index contributed by atoms with van der Waals surface area (Å²) in [6.07, 6.45) is 5.96. The molecular formula is C52H86O12Si2. The van der Waals surface area contributed by atoms with E-state index in [-0.39, 0.29) is 125 Å². The van der Waals surface area contributed by atoms with Crippen molar-refractivity contribution in [3.63, 3.8) is 0 Å². The Bertz CT molecular complexity index is 1790. The molecule has 10 heterocycles. The summed E-state index contributed by atoms with van der Waals surface area (Å²) in [7, 11) is -2.55. The number of carbonyl (C=O) groups is 1. The van der Waals surface area contributed by atoms with Crippen LogP contribution < -0.4 is 0 Å². The average molecular weight is 959 g/mol. The summed E-state index contributed by atoms with van der Waals surface area (Å²) in [5.41, 5.74) is 2.25. The van der Waals surface area contributed by atoms with Crippen molar-refractivity contribution in [1.29, 1.82) is 0 Å². The van der Waals surface area contributed by atoms with Gasteiger partial charge in [-0.15, -0.1) is 0 Å². The number of hydrogen-bond donors (Lipinski definition) is 0. The lowest BCUT2D eigenvalue weighted by atomic mass is 9.81. The molecule has 0 saturated carbocycles. The van der Waals surface area contributed by atoms with Crippen LogP contribution in [0.3, 0.4) is 0 Å². The van der Waals surface area contributed by atoms with Gasteiger partial charge in [0.1, 0.15) is 36.3 Å². The predicted molar refractivity (Wildman–Crippen MR) is 256 cm³/mol. The summed E-state index contributed by atoms with van der Waals surface area (Å²) < 4.78 is 76.0. The van der Waals surface area contributed by atoms with E-state index < -0.39 is 22.4 Å². The van der Waals surface area contributed by atoms with E-state index in [1.165, 1.54) is 0 Å². The molecule has 10 saturated heterocycles. The van der Waals surface area contributed by atoms with Crippen molar-refractivity contribution < 1.29 is 56.3 Å². The van der Waals surface area contributed by atoms with Crippen molar-refractivity contribution in [1.82, 2.24) is 0 Å². The molecular weight excluding hydrogens is 873 g/mol. The van der Waals surface area contributed by atoms with Crippen molar-refractivity contribution in [2.75, 3.05) is 13.7 Å². The number of Topliss-reactive ketones (excluding diaryl/α,β-unsaturated/α-hetero) is 1. The Kier molecular flexibility index (Phi) is 14.1. The molecule has 19 atom stereocenters. The Hall–Kier alpha value is -0.856. The van der Waals surface area contributed by atoms with Gasteiger partial charge in [-0.05, 0) is 98.3 Å².